The Morgan fingerprint density at radius 2 is 1.78 bits per heavy atom. The fourth-order valence-corrected chi connectivity index (χ4v) is 4.15. The molecule has 1 aliphatic rings. The van der Waals surface area contributed by atoms with Gasteiger partial charge >= 0.3 is 6.09 Å². The predicted molar refractivity (Wildman–Crippen MR) is 133 cm³/mol. The van der Waals surface area contributed by atoms with Crippen molar-refractivity contribution in [1.29, 1.82) is 0 Å². The maximum Gasteiger partial charge on any atom is 0.408 e. The molecule has 36 heavy (non-hydrogen) atoms. The molecule has 3 atom stereocenters. The number of benzene rings is 2. The lowest BCUT2D eigenvalue weighted by atomic mass is 10.0. The first-order valence-electron chi connectivity index (χ1n) is 11.7. The third kappa shape index (κ3) is 8.56. The highest BCUT2D eigenvalue weighted by atomic mass is 79.9. The number of ether oxygens (including phenoxy) is 1. The van der Waals surface area contributed by atoms with Gasteiger partial charge in [0.2, 0.25) is 12.0 Å². The summed E-state index contributed by atoms with van der Waals surface area (Å²) in [5, 5.41) is 8.17. The number of alkyl carbamates (subject to hydrolysis) is 1. The summed E-state index contributed by atoms with van der Waals surface area (Å²) < 4.78 is 33.1. The summed E-state index contributed by atoms with van der Waals surface area (Å²) in [4.78, 5) is 36.3. The monoisotopic (exact) mass is 566 g/mol. The first-order chi connectivity index (χ1) is 17.2. The second-order valence-corrected chi connectivity index (χ2v) is 9.58. The number of hydrogen-bond donors (Lipinski definition) is 4. The molecule has 3 amide bonds. The molecule has 2 aromatic rings. The molecule has 3 unspecified atom stereocenters. The number of carbonyl (C=O) groups excluding carboxylic acids is 3. The smallest absolute Gasteiger partial charge is 0.408 e. The van der Waals surface area contributed by atoms with Crippen molar-refractivity contribution in [2.45, 2.75) is 50.3 Å². The minimum atomic E-state index is -0.926. The second kappa shape index (κ2) is 13.3. The Hall–Kier alpha value is -3.05. The average molecular weight is 567 g/mol. The van der Waals surface area contributed by atoms with E-state index in [4.69, 9.17) is 10.5 Å². The number of carbonyl (C=O) groups is 3. The van der Waals surface area contributed by atoms with E-state index in [0.29, 0.717) is 32.4 Å². The molecular weight excluding hydrogens is 538 g/mol. The van der Waals surface area contributed by atoms with E-state index in [1.165, 1.54) is 0 Å². The van der Waals surface area contributed by atoms with Gasteiger partial charge in [0, 0.05) is 30.0 Å². The molecule has 1 fully saturated rings. The molecule has 1 saturated heterocycles. The Balaban J connectivity index is 1.31. The molecule has 0 aliphatic carbocycles. The number of nitrogens with one attached hydrogen (secondary N) is 3. The Morgan fingerprint density at radius 3 is 2.50 bits per heavy atom. The van der Waals surface area contributed by atoms with Crippen LogP contribution in [0.4, 0.5) is 13.6 Å². The van der Waals surface area contributed by atoms with Crippen LogP contribution < -0.4 is 21.7 Å². The largest absolute Gasteiger partial charge is 0.434 e. The second-order valence-electron chi connectivity index (χ2n) is 8.66. The van der Waals surface area contributed by atoms with Crippen LogP contribution in [0.5, 0.6) is 0 Å². The Labute approximate surface area is 216 Å². The highest BCUT2D eigenvalue weighted by Crippen LogP contribution is 2.17. The van der Waals surface area contributed by atoms with E-state index in [0.717, 1.165) is 28.2 Å². The van der Waals surface area contributed by atoms with Crippen molar-refractivity contribution in [3.8, 4) is 0 Å². The Bertz CT molecular complexity index is 1070. The first kappa shape index (κ1) is 27.5. The van der Waals surface area contributed by atoms with E-state index >= 15 is 0 Å². The van der Waals surface area contributed by atoms with Crippen LogP contribution in [0.15, 0.2) is 46.9 Å². The summed E-state index contributed by atoms with van der Waals surface area (Å²) in [5.41, 5.74) is 7.00. The number of rotatable bonds is 12. The van der Waals surface area contributed by atoms with Crippen LogP contribution in [-0.2, 0) is 27.2 Å². The van der Waals surface area contributed by atoms with Crippen LogP contribution >= 0.6 is 15.9 Å². The van der Waals surface area contributed by atoms with Crippen molar-refractivity contribution in [3.05, 3.63) is 69.7 Å². The predicted octanol–water partition coefficient (Wildman–Crippen LogP) is 2.72. The minimum absolute atomic E-state index is 0.0213. The maximum atomic E-state index is 13.7. The van der Waals surface area contributed by atoms with Crippen LogP contribution in [-0.4, -0.2) is 49.2 Å². The number of unbranched alkanes of at least 4 members (excludes halogenated alkanes) is 1. The van der Waals surface area contributed by atoms with Gasteiger partial charge in [0.05, 0.1) is 6.04 Å². The van der Waals surface area contributed by atoms with Gasteiger partial charge in [0.1, 0.15) is 11.6 Å². The minimum Gasteiger partial charge on any atom is -0.434 e. The summed E-state index contributed by atoms with van der Waals surface area (Å²) in [5.74, 6) is -1.78. The van der Waals surface area contributed by atoms with Gasteiger partial charge < -0.3 is 26.4 Å². The number of halogens is 3. The lowest BCUT2D eigenvalue weighted by Gasteiger charge is -2.17. The zero-order valence-corrected chi connectivity index (χ0v) is 21.2. The molecule has 0 saturated carbocycles. The van der Waals surface area contributed by atoms with E-state index in [1.807, 2.05) is 24.3 Å². The fourth-order valence-electron chi connectivity index (χ4n) is 3.88. The van der Waals surface area contributed by atoms with Crippen molar-refractivity contribution < 1.29 is 27.9 Å². The standard InChI is InChI=1S/C25H29BrF2N4O4/c26-17-5-3-15(4-6-17)11-21-23(36-25(35)32-21)24(34)31-10-2-1-9-30-22(33)14-19(29)13-16-12-18(27)7-8-20(16)28/h3-8,12,19,21,23H,1-2,9-11,13-14,29H2,(H,30,33)(H,31,34)(H,32,35). The molecule has 0 bridgehead atoms. The molecule has 2 aromatic carbocycles. The van der Waals surface area contributed by atoms with Crippen molar-refractivity contribution in [1.82, 2.24) is 16.0 Å². The van der Waals surface area contributed by atoms with Crippen LogP contribution in [0.2, 0.25) is 0 Å². The quantitative estimate of drug-likeness (QED) is 0.294. The topological polar surface area (TPSA) is 123 Å². The normalized spacial score (nSPS) is 17.7. The Morgan fingerprint density at radius 1 is 1.08 bits per heavy atom. The van der Waals surface area contributed by atoms with Crippen molar-refractivity contribution in [2.24, 2.45) is 5.73 Å². The summed E-state index contributed by atoms with van der Waals surface area (Å²) in [7, 11) is 0. The fraction of sp³-hybridized carbons (Fsp3) is 0.400. The van der Waals surface area contributed by atoms with Gasteiger partial charge in [-0.3, -0.25) is 9.59 Å². The van der Waals surface area contributed by atoms with E-state index < -0.39 is 35.9 Å². The number of hydrogen-bond acceptors (Lipinski definition) is 5. The molecule has 8 nitrogen and oxygen atoms in total. The van der Waals surface area contributed by atoms with Gasteiger partial charge in [-0.25, -0.2) is 13.6 Å². The number of nitrogens with two attached hydrogens (primary N) is 1. The van der Waals surface area contributed by atoms with Gasteiger partial charge in [-0.05, 0) is 67.1 Å². The molecule has 1 heterocycles. The van der Waals surface area contributed by atoms with Gasteiger partial charge in [-0.15, -0.1) is 0 Å². The zero-order chi connectivity index (χ0) is 26.1. The third-order valence-electron chi connectivity index (χ3n) is 5.69. The first-order valence-corrected chi connectivity index (χ1v) is 12.5. The average Bonchev–Trinajstić information content (AvgIpc) is 3.19. The summed E-state index contributed by atoms with van der Waals surface area (Å²) in [6.07, 6.45) is 0.127. The molecule has 3 rings (SSSR count). The highest BCUT2D eigenvalue weighted by molar-refractivity contribution is 9.10. The van der Waals surface area contributed by atoms with Crippen LogP contribution in [0.3, 0.4) is 0 Å². The number of cyclic esters (lactones) is 1. The van der Waals surface area contributed by atoms with E-state index in [-0.39, 0.29) is 30.2 Å². The zero-order valence-electron chi connectivity index (χ0n) is 19.6. The van der Waals surface area contributed by atoms with Gasteiger partial charge in [-0.1, -0.05) is 28.1 Å². The molecule has 194 valence electrons. The third-order valence-corrected chi connectivity index (χ3v) is 6.22. The van der Waals surface area contributed by atoms with Gasteiger partial charge in [0.25, 0.3) is 5.91 Å². The van der Waals surface area contributed by atoms with Crippen LogP contribution in [0, 0.1) is 11.6 Å². The van der Waals surface area contributed by atoms with Crippen molar-refractivity contribution in [2.75, 3.05) is 13.1 Å². The Kier molecular flexibility index (Phi) is 10.2. The molecule has 0 radical (unpaired) electrons. The van der Waals surface area contributed by atoms with E-state index in [2.05, 4.69) is 31.9 Å². The SMILES string of the molecule is NC(CC(=O)NCCCCNC(=O)C1OC(=O)NC1Cc1ccc(Br)cc1)Cc1cc(F)ccc1F. The summed E-state index contributed by atoms with van der Waals surface area (Å²) in [6, 6.07) is 9.61. The lowest BCUT2D eigenvalue weighted by Crippen LogP contribution is -2.44. The summed E-state index contributed by atoms with van der Waals surface area (Å²) >= 11 is 3.37. The van der Waals surface area contributed by atoms with E-state index in [9.17, 15) is 23.2 Å². The van der Waals surface area contributed by atoms with Crippen LogP contribution in [0.25, 0.3) is 0 Å². The molecule has 0 spiro atoms. The van der Waals surface area contributed by atoms with Crippen molar-refractivity contribution >= 4 is 33.8 Å². The lowest BCUT2D eigenvalue weighted by molar-refractivity contribution is -0.128. The number of amides is 3. The van der Waals surface area contributed by atoms with Crippen LogP contribution in [0.1, 0.15) is 30.4 Å². The van der Waals surface area contributed by atoms with Gasteiger partial charge in [0.15, 0.2) is 0 Å². The van der Waals surface area contributed by atoms with E-state index in [1.54, 1.807) is 0 Å². The molecule has 0 aromatic heterocycles. The van der Waals surface area contributed by atoms with Gasteiger partial charge in [-0.2, -0.15) is 0 Å². The van der Waals surface area contributed by atoms with Crippen molar-refractivity contribution in [3.63, 3.8) is 0 Å². The molecular formula is C25H29BrF2N4O4. The molecule has 5 N–H and O–H groups in total. The highest BCUT2D eigenvalue weighted by Gasteiger charge is 2.39. The molecule has 11 heteroatoms. The summed E-state index contributed by atoms with van der Waals surface area (Å²) in [6.45, 7) is 0.730. The maximum absolute atomic E-state index is 13.7. The molecule has 1 aliphatic heterocycles.